The van der Waals surface area contributed by atoms with Crippen LogP contribution in [0.4, 0.5) is 0 Å². The van der Waals surface area contributed by atoms with Crippen LogP contribution >= 0.6 is 11.8 Å². The van der Waals surface area contributed by atoms with Crippen molar-refractivity contribution >= 4 is 21.8 Å². The minimum absolute atomic E-state index is 0. The molecule has 0 aliphatic carbocycles. The molecule has 0 saturated heterocycles. The molecule has 68 valence electrons. The third-order valence-corrected chi connectivity index (χ3v) is 3.33. The quantitative estimate of drug-likeness (QED) is 0.498. The van der Waals surface area contributed by atoms with Gasteiger partial charge in [0.05, 0.1) is 4.90 Å². The van der Waals surface area contributed by atoms with E-state index < -0.39 is 10.0 Å². The van der Waals surface area contributed by atoms with Crippen LogP contribution < -0.4 is 33.8 Å². The molecular formula is C7H9ClNNaO2S. The van der Waals surface area contributed by atoms with Crippen LogP contribution in [0.2, 0.25) is 0 Å². The van der Waals surface area contributed by atoms with E-state index in [0.717, 1.165) is 0 Å². The number of sulfonamides is 1. The molecule has 0 spiro atoms. The van der Waals surface area contributed by atoms with Crippen molar-refractivity contribution in [2.75, 3.05) is 0 Å². The van der Waals surface area contributed by atoms with Gasteiger partial charge in [0.1, 0.15) is 0 Å². The van der Waals surface area contributed by atoms with E-state index in [0.29, 0.717) is 5.56 Å². The number of aryl methyl sites for hydroxylation is 1. The third-order valence-electron chi connectivity index (χ3n) is 1.48. The first-order valence-corrected chi connectivity index (χ1v) is 5.12. The minimum Gasteiger partial charge on any atom is -1.00 e. The maximum atomic E-state index is 11.2. The molecule has 0 fully saturated rings. The fourth-order valence-electron chi connectivity index (χ4n) is 0.899. The van der Waals surface area contributed by atoms with Crippen LogP contribution in [0.1, 0.15) is 6.99 Å². The number of benzene rings is 1. The molecule has 1 rings (SSSR count). The molecule has 0 radical (unpaired) electrons. The average Bonchev–Trinajstić information content (AvgIpc) is 2.05. The summed E-state index contributed by atoms with van der Waals surface area (Å²) in [6, 6.07) is 6.62. The summed E-state index contributed by atoms with van der Waals surface area (Å²) in [5.41, 5.74) is 0.672. The Morgan fingerprint density at radius 3 is 2.38 bits per heavy atom. The summed E-state index contributed by atoms with van der Waals surface area (Å²) in [5.74, 6) is 0. The van der Waals surface area contributed by atoms with E-state index in [2.05, 4.69) is 0 Å². The van der Waals surface area contributed by atoms with Crippen LogP contribution in [0.3, 0.4) is 0 Å². The molecule has 6 heteroatoms. The van der Waals surface area contributed by atoms with Gasteiger partial charge < -0.3 is 1.43 Å². The molecule has 0 amide bonds. The van der Waals surface area contributed by atoms with E-state index in [1.165, 1.54) is 6.07 Å². The van der Waals surface area contributed by atoms with Crippen molar-refractivity contribution in [3.8, 4) is 0 Å². The van der Waals surface area contributed by atoms with E-state index in [1.807, 2.05) is 0 Å². The molecule has 0 heterocycles. The van der Waals surface area contributed by atoms with Crippen LogP contribution in [0, 0.1) is 6.92 Å². The summed E-state index contributed by atoms with van der Waals surface area (Å²) < 4.78 is 24.1. The molecule has 1 aromatic rings. The van der Waals surface area contributed by atoms with Crippen molar-refractivity contribution in [1.29, 1.82) is 0 Å². The van der Waals surface area contributed by atoms with Gasteiger partial charge in [0, 0.05) is 0 Å². The number of nitrogens with one attached hydrogen (secondary N) is 1. The van der Waals surface area contributed by atoms with Gasteiger partial charge in [0.2, 0.25) is 0 Å². The van der Waals surface area contributed by atoms with Crippen molar-refractivity contribution in [3.63, 3.8) is 0 Å². The standard InChI is InChI=1S/C7H8ClNO2S.Na.H/c1-6-4-2-3-5-7(6)12(10,11)9-8;;/h2-5,9H,1H3;;/q;+1;-1. The van der Waals surface area contributed by atoms with Crippen LogP contribution in [0.5, 0.6) is 0 Å². The van der Waals surface area contributed by atoms with Gasteiger partial charge in [-0.25, -0.2) is 8.42 Å². The fourth-order valence-corrected chi connectivity index (χ4v) is 1.98. The molecule has 0 atom stereocenters. The smallest absolute Gasteiger partial charge is 1.00 e. The first kappa shape index (κ1) is 13.4. The predicted molar refractivity (Wildman–Crippen MR) is 48.5 cm³/mol. The van der Waals surface area contributed by atoms with Crippen LogP contribution in [0.25, 0.3) is 0 Å². The van der Waals surface area contributed by atoms with Crippen LogP contribution in [-0.2, 0) is 10.0 Å². The number of rotatable bonds is 2. The van der Waals surface area contributed by atoms with Crippen molar-refractivity contribution in [3.05, 3.63) is 29.8 Å². The predicted octanol–water partition coefficient (Wildman–Crippen LogP) is -1.46. The van der Waals surface area contributed by atoms with Crippen molar-refractivity contribution in [1.82, 2.24) is 4.24 Å². The second kappa shape index (κ2) is 5.34. The second-order valence-electron chi connectivity index (χ2n) is 2.35. The zero-order chi connectivity index (χ0) is 9.19. The van der Waals surface area contributed by atoms with E-state index >= 15 is 0 Å². The molecular weight excluding hydrogens is 221 g/mol. The van der Waals surface area contributed by atoms with Crippen molar-refractivity contribution < 1.29 is 39.4 Å². The summed E-state index contributed by atoms with van der Waals surface area (Å²) in [6.07, 6.45) is 0. The second-order valence-corrected chi connectivity index (χ2v) is 4.41. The van der Waals surface area contributed by atoms with E-state index in [9.17, 15) is 8.42 Å². The van der Waals surface area contributed by atoms with Crippen molar-refractivity contribution in [2.45, 2.75) is 11.8 Å². The van der Waals surface area contributed by atoms with Gasteiger partial charge in [-0.1, -0.05) is 18.2 Å². The Bertz CT molecular complexity index is 385. The van der Waals surface area contributed by atoms with Gasteiger partial charge in [0.15, 0.2) is 0 Å². The van der Waals surface area contributed by atoms with E-state index in [1.54, 1.807) is 29.4 Å². The normalized spacial score (nSPS) is 10.6. The topological polar surface area (TPSA) is 46.2 Å². The Labute approximate surface area is 106 Å². The van der Waals surface area contributed by atoms with Gasteiger partial charge in [-0.2, -0.15) is 0 Å². The number of halogens is 1. The molecule has 0 aliphatic heterocycles. The molecule has 1 aromatic carbocycles. The average molecular weight is 230 g/mol. The molecule has 0 unspecified atom stereocenters. The summed E-state index contributed by atoms with van der Waals surface area (Å²) in [4.78, 5) is 0.208. The first-order valence-electron chi connectivity index (χ1n) is 3.26. The zero-order valence-corrected chi connectivity index (χ0v) is 11.0. The maximum Gasteiger partial charge on any atom is 1.00 e. The summed E-state index contributed by atoms with van der Waals surface area (Å²) in [6.45, 7) is 1.71. The van der Waals surface area contributed by atoms with Gasteiger partial charge >= 0.3 is 29.6 Å². The number of hydrogen-bond donors (Lipinski definition) is 1. The van der Waals surface area contributed by atoms with E-state index in [4.69, 9.17) is 11.8 Å². The molecule has 0 aromatic heterocycles. The largest absolute Gasteiger partial charge is 1.00 e. The SMILES string of the molecule is Cc1ccccc1S(=O)(=O)NCl.[H-].[Na+]. The van der Waals surface area contributed by atoms with Crippen LogP contribution in [0.15, 0.2) is 29.2 Å². The molecule has 1 N–H and O–H groups in total. The maximum absolute atomic E-state index is 11.2. The monoisotopic (exact) mass is 229 g/mol. The molecule has 0 bridgehead atoms. The Morgan fingerprint density at radius 2 is 1.92 bits per heavy atom. The summed E-state index contributed by atoms with van der Waals surface area (Å²) in [7, 11) is -3.51. The minimum atomic E-state index is -3.51. The molecule has 13 heavy (non-hydrogen) atoms. The fraction of sp³-hybridized carbons (Fsp3) is 0.143. The Hall–Kier alpha value is 0.420. The van der Waals surface area contributed by atoms with Gasteiger partial charge in [-0.15, -0.1) is 4.24 Å². The molecule has 3 nitrogen and oxygen atoms in total. The Balaban J connectivity index is 0. The van der Waals surface area contributed by atoms with E-state index in [-0.39, 0.29) is 35.9 Å². The Kier molecular flexibility index (Phi) is 5.51. The molecule has 0 aliphatic rings. The summed E-state index contributed by atoms with van der Waals surface area (Å²) in [5, 5.41) is 0. The van der Waals surface area contributed by atoms with Gasteiger partial charge in [-0.05, 0) is 30.3 Å². The van der Waals surface area contributed by atoms with Gasteiger partial charge in [-0.3, -0.25) is 0 Å². The number of hydrogen-bond acceptors (Lipinski definition) is 2. The van der Waals surface area contributed by atoms with Crippen LogP contribution in [-0.4, -0.2) is 8.42 Å². The third kappa shape index (κ3) is 3.23. The zero-order valence-electron chi connectivity index (χ0n) is 8.41. The summed E-state index contributed by atoms with van der Waals surface area (Å²) >= 11 is 5.06. The van der Waals surface area contributed by atoms with Crippen molar-refractivity contribution in [2.24, 2.45) is 0 Å². The van der Waals surface area contributed by atoms with Gasteiger partial charge in [0.25, 0.3) is 10.0 Å². The Morgan fingerprint density at radius 1 is 1.38 bits per heavy atom. The first-order chi connectivity index (χ1) is 5.58. The molecule has 0 saturated carbocycles.